The highest BCUT2D eigenvalue weighted by Gasteiger charge is 2.38. The number of carbonyl (C=O) groups is 1. The normalized spacial score (nSPS) is 11.2. The first-order valence-corrected chi connectivity index (χ1v) is 6.69. The largest absolute Gasteiger partial charge is 0.472 e. The van der Waals surface area contributed by atoms with Gasteiger partial charge in [-0.25, -0.2) is 0 Å². The molecule has 0 unspecified atom stereocenters. The van der Waals surface area contributed by atoms with Crippen LogP contribution >= 0.6 is 11.8 Å². The monoisotopic (exact) mass is 292 g/mol. The zero-order valence-corrected chi connectivity index (χ0v) is 11.4. The average molecular weight is 292 g/mol. The summed E-state index contributed by atoms with van der Waals surface area (Å²) in [5, 5.41) is 0. The van der Waals surface area contributed by atoms with Crippen LogP contribution in [0.15, 0.2) is 23.1 Å². The molecule has 0 aliphatic carbocycles. The number of amides is 1. The zero-order valence-electron chi connectivity index (χ0n) is 10.6. The number of anilines is 1. The Morgan fingerprint density at radius 3 is 2.63 bits per heavy atom. The molecule has 1 aromatic carbocycles. The van der Waals surface area contributed by atoms with Gasteiger partial charge in [-0.1, -0.05) is 13.0 Å². The van der Waals surface area contributed by atoms with Gasteiger partial charge in [-0.2, -0.15) is 13.2 Å². The third-order valence-corrected chi connectivity index (χ3v) is 3.59. The molecule has 0 bridgehead atoms. The number of hydrogen-bond donors (Lipinski definition) is 2. The Bertz CT molecular complexity index is 449. The Morgan fingerprint density at radius 2 is 2.05 bits per heavy atom. The van der Waals surface area contributed by atoms with Gasteiger partial charge in [-0.05, 0) is 36.8 Å². The van der Waals surface area contributed by atoms with Gasteiger partial charge in [-0.3, -0.25) is 15.6 Å². The van der Waals surface area contributed by atoms with Crippen LogP contribution in [0.2, 0.25) is 0 Å². The van der Waals surface area contributed by atoms with E-state index in [1.165, 1.54) is 0 Å². The molecule has 0 spiro atoms. The second kappa shape index (κ2) is 6.70. The predicted molar refractivity (Wildman–Crippen MR) is 70.0 cm³/mol. The number of nitrogens with one attached hydrogen (secondary N) is 2. The topological polar surface area (TPSA) is 41.1 Å². The van der Waals surface area contributed by atoms with Crippen LogP contribution in [0.25, 0.3) is 0 Å². The van der Waals surface area contributed by atoms with E-state index in [1.807, 2.05) is 13.8 Å². The van der Waals surface area contributed by atoms with Crippen molar-refractivity contribution in [3.05, 3.63) is 23.8 Å². The van der Waals surface area contributed by atoms with Crippen LogP contribution in [0.4, 0.5) is 18.9 Å². The van der Waals surface area contributed by atoms with E-state index in [4.69, 9.17) is 0 Å². The molecule has 0 fully saturated rings. The van der Waals surface area contributed by atoms with Crippen molar-refractivity contribution in [2.75, 3.05) is 11.2 Å². The van der Waals surface area contributed by atoms with Crippen molar-refractivity contribution in [2.45, 2.75) is 31.3 Å². The van der Waals surface area contributed by atoms with E-state index < -0.39 is 12.1 Å². The summed E-state index contributed by atoms with van der Waals surface area (Å²) in [6.07, 6.45) is -3.88. The molecule has 0 saturated carbocycles. The number of thioether (sulfide) groups is 1. The maximum atomic E-state index is 12.0. The van der Waals surface area contributed by atoms with Crippen LogP contribution in [0, 0.1) is 6.92 Å². The number of rotatable bonds is 5. The number of hydrogen-bond acceptors (Lipinski definition) is 3. The molecule has 1 aromatic rings. The number of alkyl halides is 3. The van der Waals surface area contributed by atoms with Crippen LogP contribution in [-0.2, 0) is 4.79 Å². The highest BCUT2D eigenvalue weighted by molar-refractivity contribution is 7.99. The fraction of sp³-hybridized carbons (Fsp3) is 0.417. The molecule has 106 valence electrons. The van der Waals surface area contributed by atoms with Gasteiger partial charge >= 0.3 is 12.1 Å². The summed E-state index contributed by atoms with van der Waals surface area (Å²) in [4.78, 5) is 11.6. The van der Waals surface area contributed by atoms with Crippen molar-refractivity contribution in [3.63, 3.8) is 0 Å². The lowest BCUT2D eigenvalue weighted by molar-refractivity contribution is -0.173. The van der Waals surface area contributed by atoms with Crippen LogP contribution in [0.3, 0.4) is 0 Å². The minimum atomic E-state index is -4.89. The highest BCUT2D eigenvalue weighted by Crippen LogP contribution is 2.26. The molecule has 7 heteroatoms. The number of carbonyl (C=O) groups excluding carboxylic acids is 1. The van der Waals surface area contributed by atoms with E-state index in [2.05, 4.69) is 5.43 Å². The Labute approximate surface area is 113 Å². The quantitative estimate of drug-likeness (QED) is 0.644. The molecule has 3 nitrogen and oxygen atoms in total. The van der Waals surface area contributed by atoms with Gasteiger partial charge in [0.25, 0.3) is 0 Å². The van der Waals surface area contributed by atoms with Crippen LogP contribution in [0.5, 0.6) is 0 Å². The SMILES string of the molecule is CCCSc1cc(NNC(=O)C(F)(F)F)ccc1C. The second-order valence-corrected chi connectivity index (χ2v) is 5.04. The number of aryl methyl sites for hydroxylation is 1. The summed E-state index contributed by atoms with van der Waals surface area (Å²) in [7, 11) is 0. The van der Waals surface area contributed by atoms with Gasteiger partial charge in [0.1, 0.15) is 0 Å². The summed E-state index contributed by atoms with van der Waals surface area (Å²) in [5.74, 6) is -1.09. The lowest BCUT2D eigenvalue weighted by Gasteiger charge is -2.12. The second-order valence-electron chi connectivity index (χ2n) is 3.91. The minimum Gasteiger partial charge on any atom is -0.298 e. The van der Waals surface area contributed by atoms with Crippen molar-refractivity contribution in [3.8, 4) is 0 Å². The number of benzene rings is 1. The van der Waals surface area contributed by atoms with Crippen molar-refractivity contribution >= 4 is 23.4 Å². The van der Waals surface area contributed by atoms with E-state index in [0.29, 0.717) is 5.69 Å². The van der Waals surface area contributed by atoms with E-state index >= 15 is 0 Å². The maximum absolute atomic E-state index is 12.0. The fourth-order valence-electron chi connectivity index (χ4n) is 1.25. The zero-order chi connectivity index (χ0) is 14.5. The molecule has 0 aliphatic heterocycles. The van der Waals surface area contributed by atoms with Crippen molar-refractivity contribution < 1.29 is 18.0 Å². The number of hydrazine groups is 1. The van der Waals surface area contributed by atoms with Crippen LogP contribution in [0.1, 0.15) is 18.9 Å². The van der Waals surface area contributed by atoms with Gasteiger partial charge in [0.2, 0.25) is 0 Å². The van der Waals surface area contributed by atoms with Gasteiger partial charge < -0.3 is 0 Å². The first-order valence-electron chi connectivity index (χ1n) is 5.71. The third-order valence-electron chi connectivity index (χ3n) is 2.23. The molecule has 0 atom stereocenters. The predicted octanol–water partition coefficient (Wildman–Crippen LogP) is 3.50. The Kier molecular flexibility index (Phi) is 5.53. The van der Waals surface area contributed by atoms with E-state index in [9.17, 15) is 18.0 Å². The van der Waals surface area contributed by atoms with Gasteiger partial charge in [0.05, 0.1) is 5.69 Å². The summed E-state index contributed by atoms with van der Waals surface area (Å²) in [6, 6.07) is 5.12. The first-order chi connectivity index (χ1) is 8.84. The smallest absolute Gasteiger partial charge is 0.298 e. The molecule has 0 heterocycles. The highest BCUT2D eigenvalue weighted by atomic mass is 32.2. The number of halogens is 3. The molecule has 19 heavy (non-hydrogen) atoms. The van der Waals surface area contributed by atoms with Crippen molar-refractivity contribution in [2.24, 2.45) is 0 Å². The molecule has 0 aliphatic rings. The van der Waals surface area contributed by atoms with Crippen LogP contribution in [-0.4, -0.2) is 17.8 Å². The first kappa shape index (κ1) is 15.7. The van der Waals surface area contributed by atoms with Crippen LogP contribution < -0.4 is 10.9 Å². The molecule has 0 aromatic heterocycles. The van der Waals surface area contributed by atoms with E-state index in [-0.39, 0.29) is 0 Å². The van der Waals surface area contributed by atoms with Crippen molar-refractivity contribution in [1.29, 1.82) is 0 Å². The summed E-state index contributed by atoms with van der Waals surface area (Å²) >= 11 is 1.63. The van der Waals surface area contributed by atoms with Crippen molar-refractivity contribution in [1.82, 2.24) is 5.43 Å². The average Bonchev–Trinajstić information content (AvgIpc) is 2.34. The minimum absolute atomic E-state index is 0.418. The molecule has 1 rings (SSSR count). The lowest BCUT2D eigenvalue weighted by atomic mass is 10.2. The summed E-state index contributed by atoms with van der Waals surface area (Å²) in [6.45, 7) is 3.98. The van der Waals surface area contributed by atoms with Gasteiger partial charge in [-0.15, -0.1) is 11.8 Å². The molecule has 0 saturated heterocycles. The molecule has 2 N–H and O–H groups in total. The third kappa shape index (κ3) is 5.02. The Hall–Kier alpha value is -1.37. The molecular formula is C12H15F3N2OS. The van der Waals surface area contributed by atoms with Gasteiger partial charge in [0.15, 0.2) is 0 Å². The fourth-order valence-corrected chi connectivity index (χ4v) is 2.18. The summed E-state index contributed by atoms with van der Waals surface area (Å²) < 4.78 is 36.0. The van der Waals surface area contributed by atoms with Gasteiger partial charge in [0, 0.05) is 4.90 Å². The lowest BCUT2D eigenvalue weighted by Crippen LogP contribution is -2.40. The maximum Gasteiger partial charge on any atom is 0.472 e. The molecule has 0 radical (unpaired) electrons. The standard InChI is InChI=1S/C12H15F3N2OS/c1-3-6-19-10-7-9(5-4-8(10)2)16-17-11(18)12(13,14)15/h4-5,7,16H,3,6H2,1-2H3,(H,17,18). The Balaban J connectivity index is 2.67. The van der Waals surface area contributed by atoms with E-state index in [0.717, 1.165) is 22.6 Å². The molecular weight excluding hydrogens is 277 g/mol. The summed E-state index contributed by atoms with van der Waals surface area (Å²) in [5.41, 5.74) is 5.35. The van der Waals surface area contributed by atoms with E-state index in [1.54, 1.807) is 35.4 Å². The Morgan fingerprint density at radius 1 is 1.37 bits per heavy atom. The molecule has 1 amide bonds.